The smallest absolute Gasteiger partial charge is 0.169 e. The molecule has 1 N–H and O–H groups in total. The Balaban J connectivity index is 2.87. The van der Waals surface area contributed by atoms with Gasteiger partial charge in [0.25, 0.3) is 0 Å². The highest BCUT2D eigenvalue weighted by molar-refractivity contribution is 6.29. The molecule has 0 unspecified atom stereocenters. The number of nitrogens with zero attached hydrogens (tertiary/aromatic N) is 2. The lowest BCUT2D eigenvalue weighted by Gasteiger charge is -2.20. The Kier molecular flexibility index (Phi) is 2.36. The van der Waals surface area contributed by atoms with Gasteiger partial charge in [0.15, 0.2) is 10.9 Å². The zero-order chi connectivity index (χ0) is 8.27. The third kappa shape index (κ3) is 1.45. The molecule has 1 aliphatic heterocycles. The molecule has 0 atom stereocenters. The first-order valence-electron chi connectivity index (χ1n) is 2.86. The van der Waals surface area contributed by atoms with Gasteiger partial charge >= 0.3 is 0 Å². The van der Waals surface area contributed by atoms with Crippen LogP contribution in [0.3, 0.4) is 0 Å². The molecular formula is C6H6ClN3O. The molecule has 0 amide bonds. The maximum absolute atomic E-state index is 8.50. The molecule has 0 fully saturated rings. The van der Waals surface area contributed by atoms with E-state index in [9.17, 15) is 0 Å². The van der Waals surface area contributed by atoms with E-state index in [1.54, 1.807) is 12.4 Å². The fraction of sp³-hybridized carbons (Fsp3) is 0.167. The Hall–Kier alpha value is -1.18. The minimum Gasteiger partial charge on any atom is -0.349 e. The van der Waals surface area contributed by atoms with Crippen LogP contribution in [0.4, 0.5) is 0 Å². The van der Waals surface area contributed by atoms with Gasteiger partial charge in [0.2, 0.25) is 0 Å². The van der Waals surface area contributed by atoms with E-state index in [4.69, 9.17) is 21.7 Å². The summed E-state index contributed by atoms with van der Waals surface area (Å²) in [7, 11) is 1.47. The highest BCUT2D eigenvalue weighted by Gasteiger charge is 2.12. The average Bonchev–Trinajstić information content (AvgIpc) is 2.05. The molecule has 0 spiro atoms. The molecule has 1 heterocycles. The summed E-state index contributed by atoms with van der Waals surface area (Å²) >= 11 is 5.69. The van der Waals surface area contributed by atoms with Crippen molar-refractivity contribution in [1.82, 2.24) is 10.4 Å². The first-order valence-corrected chi connectivity index (χ1v) is 3.24. The van der Waals surface area contributed by atoms with Crippen molar-refractivity contribution in [3.63, 3.8) is 0 Å². The van der Waals surface area contributed by atoms with Crippen LogP contribution >= 0.6 is 11.6 Å². The van der Waals surface area contributed by atoms with Gasteiger partial charge in [-0.15, -0.1) is 0 Å². The van der Waals surface area contributed by atoms with Crippen LogP contribution in [-0.4, -0.2) is 12.2 Å². The monoisotopic (exact) mass is 171 g/mol. The lowest BCUT2D eigenvalue weighted by Crippen LogP contribution is -2.22. The van der Waals surface area contributed by atoms with Gasteiger partial charge in [0.1, 0.15) is 6.07 Å². The van der Waals surface area contributed by atoms with Crippen molar-refractivity contribution in [2.45, 2.75) is 0 Å². The van der Waals surface area contributed by atoms with Gasteiger partial charge in [-0.3, -0.25) is 4.84 Å². The molecule has 5 heteroatoms. The van der Waals surface area contributed by atoms with E-state index >= 15 is 0 Å². The van der Waals surface area contributed by atoms with E-state index in [0.29, 0.717) is 0 Å². The summed E-state index contributed by atoms with van der Waals surface area (Å²) in [6.07, 6.45) is 3.14. The van der Waals surface area contributed by atoms with Crippen LogP contribution in [0.25, 0.3) is 0 Å². The topological polar surface area (TPSA) is 48.3 Å². The second-order valence-corrected chi connectivity index (χ2v) is 2.10. The predicted octanol–water partition coefficient (Wildman–Crippen LogP) is 0.856. The highest BCUT2D eigenvalue weighted by Crippen LogP contribution is 2.16. The van der Waals surface area contributed by atoms with E-state index in [2.05, 4.69) is 5.32 Å². The van der Waals surface area contributed by atoms with Gasteiger partial charge in [0, 0.05) is 6.20 Å². The van der Waals surface area contributed by atoms with Gasteiger partial charge in [-0.05, 0) is 0 Å². The van der Waals surface area contributed by atoms with Crippen LogP contribution < -0.4 is 5.32 Å². The van der Waals surface area contributed by atoms with Crippen molar-refractivity contribution in [3.05, 3.63) is 23.3 Å². The minimum atomic E-state index is 0.234. The SMILES string of the molecule is CON1C=CNC(C#N)=C1Cl. The summed E-state index contributed by atoms with van der Waals surface area (Å²) in [5, 5.41) is 12.7. The lowest BCUT2D eigenvalue weighted by molar-refractivity contribution is -0.0513. The molecule has 0 saturated carbocycles. The standard InChI is InChI=1S/C6H6ClN3O/c1-11-10-3-2-9-5(4-8)6(10)7/h2-3,9H,1H3. The Morgan fingerprint density at radius 2 is 2.55 bits per heavy atom. The fourth-order valence-corrected chi connectivity index (χ4v) is 0.865. The van der Waals surface area contributed by atoms with Gasteiger partial charge in [-0.2, -0.15) is 5.26 Å². The van der Waals surface area contributed by atoms with Crippen LogP contribution in [0.1, 0.15) is 0 Å². The molecule has 1 aliphatic rings. The quantitative estimate of drug-likeness (QED) is 0.595. The summed E-state index contributed by atoms with van der Waals surface area (Å²) < 4.78 is 0. The fourth-order valence-electron chi connectivity index (χ4n) is 0.643. The molecule has 0 bridgehead atoms. The summed E-state index contributed by atoms with van der Waals surface area (Å²) in [5.74, 6) is 0. The first-order chi connectivity index (χ1) is 5.29. The maximum Gasteiger partial charge on any atom is 0.169 e. The van der Waals surface area contributed by atoms with E-state index in [1.165, 1.54) is 12.2 Å². The number of hydrogen-bond donors (Lipinski definition) is 1. The van der Waals surface area contributed by atoms with Gasteiger partial charge in [-0.1, -0.05) is 11.6 Å². The van der Waals surface area contributed by atoms with E-state index in [1.807, 2.05) is 6.07 Å². The van der Waals surface area contributed by atoms with Crippen molar-refractivity contribution in [2.24, 2.45) is 0 Å². The summed E-state index contributed by atoms with van der Waals surface area (Å²) in [5.41, 5.74) is 0.274. The van der Waals surface area contributed by atoms with E-state index < -0.39 is 0 Å². The van der Waals surface area contributed by atoms with Crippen molar-refractivity contribution in [3.8, 4) is 6.07 Å². The van der Waals surface area contributed by atoms with Crippen LogP contribution in [0, 0.1) is 11.3 Å². The molecular weight excluding hydrogens is 166 g/mol. The van der Waals surface area contributed by atoms with Crippen LogP contribution in [0.15, 0.2) is 23.3 Å². The third-order valence-electron chi connectivity index (χ3n) is 1.15. The molecule has 58 valence electrons. The lowest BCUT2D eigenvalue weighted by atomic mass is 10.4. The summed E-state index contributed by atoms with van der Waals surface area (Å²) in [4.78, 5) is 4.80. The number of halogens is 1. The molecule has 0 aliphatic carbocycles. The number of allylic oxidation sites excluding steroid dienone is 1. The molecule has 0 saturated heterocycles. The maximum atomic E-state index is 8.50. The number of nitriles is 1. The minimum absolute atomic E-state index is 0.234. The van der Waals surface area contributed by atoms with Gasteiger partial charge in [0.05, 0.1) is 13.3 Å². The second-order valence-electron chi connectivity index (χ2n) is 1.75. The molecule has 0 aromatic heterocycles. The third-order valence-corrected chi connectivity index (χ3v) is 1.50. The van der Waals surface area contributed by atoms with Crippen LogP contribution in [0.5, 0.6) is 0 Å². The second kappa shape index (κ2) is 3.28. The number of hydroxylamine groups is 2. The highest BCUT2D eigenvalue weighted by atomic mass is 35.5. The molecule has 0 aromatic carbocycles. The largest absolute Gasteiger partial charge is 0.349 e. The van der Waals surface area contributed by atoms with Gasteiger partial charge in [-0.25, -0.2) is 5.06 Å². The molecule has 11 heavy (non-hydrogen) atoms. The molecule has 1 rings (SSSR count). The average molecular weight is 172 g/mol. The van der Waals surface area contributed by atoms with Crippen molar-refractivity contribution in [1.29, 1.82) is 5.26 Å². The number of nitrogens with one attached hydrogen (secondary N) is 1. The molecule has 0 radical (unpaired) electrons. The number of hydrogen-bond acceptors (Lipinski definition) is 4. The molecule has 4 nitrogen and oxygen atoms in total. The van der Waals surface area contributed by atoms with Gasteiger partial charge < -0.3 is 5.32 Å². The van der Waals surface area contributed by atoms with E-state index in [-0.39, 0.29) is 10.9 Å². The number of rotatable bonds is 1. The summed E-state index contributed by atoms with van der Waals surface area (Å²) in [6, 6.07) is 1.88. The Labute approximate surface area is 69.3 Å². The van der Waals surface area contributed by atoms with Crippen molar-refractivity contribution < 1.29 is 4.84 Å². The normalized spacial score (nSPS) is 16.3. The zero-order valence-electron chi connectivity index (χ0n) is 5.84. The Bertz CT molecular complexity index is 253. The van der Waals surface area contributed by atoms with E-state index in [0.717, 1.165) is 0 Å². The van der Waals surface area contributed by atoms with Crippen LogP contribution in [0.2, 0.25) is 0 Å². The predicted molar refractivity (Wildman–Crippen MR) is 39.6 cm³/mol. The first kappa shape index (κ1) is 7.92. The molecule has 0 aromatic rings. The zero-order valence-corrected chi connectivity index (χ0v) is 6.59. The Morgan fingerprint density at radius 1 is 1.82 bits per heavy atom. The Morgan fingerprint density at radius 3 is 3.09 bits per heavy atom. The van der Waals surface area contributed by atoms with Crippen LogP contribution in [-0.2, 0) is 4.84 Å². The van der Waals surface area contributed by atoms with Crippen molar-refractivity contribution in [2.75, 3.05) is 7.11 Å². The summed E-state index contributed by atoms with van der Waals surface area (Å²) in [6.45, 7) is 0. The van der Waals surface area contributed by atoms with Crippen molar-refractivity contribution >= 4 is 11.6 Å².